The Hall–Kier alpha value is -2.14. The van der Waals surface area contributed by atoms with Crippen LogP contribution in [0.25, 0.3) is 10.9 Å². The van der Waals surface area contributed by atoms with Crippen LogP contribution in [0, 0.1) is 6.92 Å². The van der Waals surface area contributed by atoms with E-state index >= 15 is 0 Å². The first kappa shape index (κ1) is 14.3. The van der Waals surface area contributed by atoms with Crippen LogP contribution in [0.15, 0.2) is 30.3 Å². The first-order valence-electron chi connectivity index (χ1n) is 6.57. The first-order valence-corrected chi connectivity index (χ1v) is 6.57. The van der Waals surface area contributed by atoms with Crippen LogP contribution in [0.3, 0.4) is 0 Å². The molecule has 0 saturated carbocycles. The van der Waals surface area contributed by atoms with Gasteiger partial charge in [0.2, 0.25) is 0 Å². The molecule has 0 fully saturated rings. The summed E-state index contributed by atoms with van der Waals surface area (Å²) in [5.74, 6) is -0.313. The van der Waals surface area contributed by atoms with Gasteiger partial charge in [-0.05, 0) is 25.6 Å². The number of carbonyl (C=O) groups is 1. The van der Waals surface area contributed by atoms with Crippen molar-refractivity contribution in [1.29, 1.82) is 0 Å². The van der Waals surface area contributed by atoms with Crippen LogP contribution in [0.5, 0.6) is 5.75 Å². The van der Waals surface area contributed by atoms with Crippen LogP contribution in [-0.4, -0.2) is 35.3 Å². The van der Waals surface area contributed by atoms with Crippen LogP contribution < -0.4 is 10.1 Å². The molecule has 1 aromatic heterocycles. The average molecular weight is 274 g/mol. The minimum Gasteiger partial charge on any atom is -0.489 e. The second kappa shape index (κ2) is 6.34. The van der Waals surface area contributed by atoms with Gasteiger partial charge in [0, 0.05) is 11.1 Å². The van der Waals surface area contributed by atoms with E-state index in [2.05, 4.69) is 10.3 Å². The summed E-state index contributed by atoms with van der Waals surface area (Å²) in [5, 5.41) is 12.9. The molecule has 5 nitrogen and oxygen atoms in total. The molecule has 5 heteroatoms. The van der Waals surface area contributed by atoms with Gasteiger partial charge in [0.15, 0.2) is 0 Å². The van der Waals surface area contributed by atoms with Gasteiger partial charge in [-0.3, -0.25) is 4.79 Å². The fraction of sp³-hybridized carbons (Fsp3) is 0.333. The molecule has 106 valence electrons. The van der Waals surface area contributed by atoms with E-state index in [1.807, 2.05) is 38.1 Å². The second-order valence-corrected chi connectivity index (χ2v) is 4.54. The molecule has 2 rings (SSSR count). The Morgan fingerprint density at radius 2 is 2.20 bits per heavy atom. The number of benzene rings is 1. The average Bonchev–Trinajstić information content (AvgIpc) is 2.43. The molecule has 0 spiro atoms. The van der Waals surface area contributed by atoms with Crippen LogP contribution in [0.4, 0.5) is 0 Å². The largest absolute Gasteiger partial charge is 0.489 e. The Bertz CT molecular complexity index is 613. The summed E-state index contributed by atoms with van der Waals surface area (Å²) >= 11 is 0. The van der Waals surface area contributed by atoms with Crippen molar-refractivity contribution in [3.8, 4) is 5.75 Å². The molecule has 0 aliphatic rings. The van der Waals surface area contributed by atoms with Crippen molar-refractivity contribution >= 4 is 16.9 Å². The van der Waals surface area contributed by atoms with Crippen LogP contribution in [0.1, 0.15) is 12.6 Å². The third kappa shape index (κ3) is 3.24. The number of likely N-dealkylation sites (N-methyl/N-ethyl adjacent to an activating group) is 1. The number of rotatable bonds is 6. The van der Waals surface area contributed by atoms with E-state index in [4.69, 9.17) is 9.84 Å². The van der Waals surface area contributed by atoms with Crippen LogP contribution in [-0.2, 0) is 4.79 Å². The molecule has 20 heavy (non-hydrogen) atoms. The number of carboxylic acids is 1. The number of aryl methyl sites for hydroxylation is 1. The number of carboxylic acid groups (broad SMARTS) is 1. The topological polar surface area (TPSA) is 71.5 Å². The third-order valence-electron chi connectivity index (χ3n) is 2.98. The van der Waals surface area contributed by atoms with Crippen molar-refractivity contribution in [2.24, 2.45) is 0 Å². The molecule has 2 aromatic rings. The first-order chi connectivity index (χ1) is 9.61. The van der Waals surface area contributed by atoms with Crippen molar-refractivity contribution in [2.45, 2.75) is 19.9 Å². The molecular formula is C15H18N2O3. The maximum Gasteiger partial charge on any atom is 0.324 e. The van der Waals surface area contributed by atoms with Gasteiger partial charge in [-0.1, -0.05) is 25.1 Å². The van der Waals surface area contributed by atoms with E-state index in [9.17, 15) is 4.79 Å². The highest BCUT2D eigenvalue weighted by Gasteiger charge is 2.17. The summed E-state index contributed by atoms with van der Waals surface area (Å²) < 4.78 is 5.64. The fourth-order valence-electron chi connectivity index (χ4n) is 1.97. The SMILES string of the molecule is CCNC(COc1cccc2ccc(C)nc12)C(=O)O. The van der Waals surface area contributed by atoms with Gasteiger partial charge in [0.1, 0.15) is 23.9 Å². The molecule has 0 saturated heterocycles. The summed E-state index contributed by atoms with van der Waals surface area (Å²) in [4.78, 5) is 15.5. The highest BCUT2D eigenvalue weighted by molar-refractivity contribution is 5.84. The predicted molar refractivity (Wildman–Crippen MR) is 77.1 cm³/mol. The molecule has 0 bridgehead atoms. The molecule has 1 unspecified atom stereocenters. The molecule has 1 heterocycles. The van der Waals surface area contributed by atoms with Gasteiger partial charge in [-0.2, -0.15) is 0 Å². The predicted octanol–water partition coefficient (Wildman–Crippen LogP) is 1.98. The maximum absolute atomic E-state index is 11.1. The van der Waals surface area contributed by atoms with Gasteiger partial charge in [0.05, 0.1) is 0 Å². The number of pyridine rings is 1. The van der Waals surface area contributed by atoms with Gasteiger partial charge in [0.25, 0.3) is 0 Å². The zero-order valence-electron chi connectivity index (χ0n) is 11.6. The van der Waals surface area contributed by atoms with Crippen LogP contribution in [0.2, 0.25) is 0 Å². The summed E-state index contributed by atoms with van der Waals surface area (Å²) in [6.07, 6.45) is 0. The quantitative estimate of drug-likeness (QED) is 0.843. The molecule has 0 aliphatic carbocycles. The lowest BCUT2D eigenvalue weighted by atomic mass is 10.2. The molecule has 1 atom stereocenters. The standard InChI is InChI=1S/C15H18N2O3/c1-3-16-12(15(18)19)9-20-13-6-4-5-11-8-7-10(2)17-14(11)13/h4-8,12,16H,3,9H2,1-2H3,(H,18,19). The summed E-state index contributed by atoms with van der Waals surface area (Å²) in [7, 11) is 0. The highest BCUT2D eigenvalue weighted by Crippen LogP contribution is 2.23. The second-order valence-electron chi connectivity index (χ2n) is 4.54. The summed E-state index contributed by atoms with van der Waals surface area (Å²) in [5.41, 5.74) is 1.66. The van der Waals surface area contributed by atoms with E-state index in [0.717, 1.165) is 16.6 Å². The van der Waals surface area contributed by atoms with E-state index in [1.165, 1.54) is 0 Å². The van der Waals surface area contributed by atoms with Gasteiger partial charge >= 0.3 is 5.97 Å². The smallest absolute Gasteiger partial charge is 0.324 e. The molecule has 0 amide bonds. The Balaban J connectivity index is 2.21. The number of hydrogen-bond donors (Lipinski definition) is 2. The number of ether oxygens (including phenoxy) is 1. The number of para-hydroxylation sites is 1. The van der Waals surface area contributed by atoms with E-state index in [-0.39, 0.29) is 6.61 Å². The Kier molecular flexibility index (Phi) is 4.53. The lowest BCUT2D eigenvalue weighted by molar-refractivity contribution is -0.140. The van der Waals surface area contributed by atoms with Crippen molar-refractivity contribution < 1.29 is 14.6 Å². The molecule has 0 aliphatic heterocycles. The van der Waals surface area contributed by atoms with E-state index < -0.39 is 12.0 Å². The van der Waals surface area contributed by atoms with Crippen molar-refractivity contribution in [3.05, 3.63) is 36.0 Å². The number of aromatic nitrogens is 1. The Labute approximate surface area is 117 Å². The van der Waals surface area contributed by atoms with Gasteiger partial charge in [-0.15, -0.1) is 0 Å². The van der Waals surface area contributed by atoms with Crippen molar-refractivity contribution in [3.63, 3.8) is 0 Å². The minimum absolute atomic E-state index is 0.0674. The fourth-order valence-corrected chi connectivity index (χ4v) is 1.97. The lowest BCUT2D eigenvalue weighted by Gasteiger charge is -2.15. The van der Waals surface area contributed by atoms with Crippen LogP contribution >= 0.6 is 0 Å². The number of nitrogens with zero attached hydrogens (tertiary/aromatic N) is 1. The minimum atomic E-state index is -0.920. The maximum atomic E-state index is 11.1. The van der Waals surface area contributed by atoms with Crippen molar-refractivity contribution in [2.75, 3.05) is 13.2 Å². The number of nitrogens with one attached hydrogen (secondary N) is 1. The van der Waals surface area contributed by atoms with Gasteiger partial charge in [-0.25, -0.2) is 4.98 Å². The lowest BCUT2D eigenvalue weighted by Crippen LogP contribution is -2.41. The van der Waals surface area contributed by atoms with E-state index in [1.54, 1.807) is 6.07 Å². The van der Waals surface area contributed by atoms with E-state index in [0.29, 0.717) is 12.3 Å². The number of hydrogen-bond acceptors (Lipinski definition) is 4. The molecule has 2 N–H and O–H groups in total. The monoisotopic (exact) mass is 274 g/mol. The summed E-state index contributed by atoms with van der Waals surface area (Å²) in [6, 6.07) is 8.82. The van der Waals surface area contributed by atoms with Gasteiger partial charge < -0.3 is 15.2 Å². The Morgan fingerprint density at radius 1 is 1.40 bits per heavy atom. The molecular weight excluding hydrogens is 256 g/mol. The molecule has 1 aromatic carbocycles. The zero-order valence-corrected chi connectivity index (χ0v) is 11.6. The number of fused-ring (bicyclic) bond motifs is 1. The zero-order chi connectivity index (χ0) is 14.5. The number of aliphatic carboxylic acids is 1. The molecule has 0 radical (unpaired) electrons. The highest BCUT2D eigenvalue weighted by atomic mass is 16.5. The summed E-state index contributed by atoms with van der Waals surface area (Å²) in [6.45, 7) is 4.42. The Morgan fingerprint density at radius 3 is 2.90 bits per heavy atom. The normalized spacial score (nSPS) is 12.3. The third-order valence-corrected chi connectivity index (χ3v) is 2.98. The van der Waals surface area contributed by atoms with Crippen molar-refractivity contribution in [1.82, 2.24) is 10.3 Å².